The summed E-state index contributed by atoms with van der Waals surface area (Å²) in [6, 6.07) is 16.1. The summed E-state index contributed by atoms with van der Waals surface area (Å²) in [6.45, 7) is 1.59. The summed E-state index contributed by atoms with van der Waals surface area (Å²) in [5, 5.41) is 29.3. The van der Waals surface area contributed by atoms with Crippen LogP contribution in [0.3, 0.4) is 0 Å². The second kappa shape index (κ2) is 8.21. The van der Waals surface area contributed by atoms with Crippen LogP contribution in [0.5, 0.6) is 0 Å². The summed E-state index contributed by atoms with van der Waals surface area (Å²) in [6.07, 6.45) is 3.59. The van der Waals surface area contributed by atoms with Crippen molar-refractivity contribution in [2.75, 3.05) is 23.7 Å². The van der Waals surface area contributed by atoms with Gasteiger partial charge in [0, 0.05) is 18.7 Å². The van der Waals surface area contributed by atoms with Gasteiger partial charge in [0.05, 0.1) is 12.0 Å². The molecule has 3 rings (SSSR count). The van der Waals surface area contributed by atoms with E-state index in [0.717, 1.165) is 37.9 Å². The van der Waals surface area contributed by atoms with E-state index >= 15 is 0 Å². The van der Waals surface area contributed by atoms with Crippen LogP contribution in [0.1, 0.15) is 47.4 Å². The van der Waals surface area contributed by atoms with Crippen molar-refractivity contribution < 1.29 is 0 Å². The first kappa shape index (κ1) is 18.2. The first-order chi connectivity index (χ1) is 13.2. The average Bonchev–Trinajstić information content (AvgIpc) is 2.72. The molecule has 0 saturated carbocycles. The molecule has 1 saturated heterocycles. The molecule has 1 aliphatic heterocycles. The van der Waals surface area contributed by atoms with Crippen molar-refractivity contribution in [3.8, 4) is 18.2 Å². The molecule has 1 aromatic carbocycles. The van der Waals surface area contributed by atoms with Gasteiger partial charge in [0.1, 0.15) is 34.9 Å². The average molecular weight is 356 g/mol. The standard InChI is InChI=1S/C21H20N6/c22-12-16(11-15-7-3-1-4-8-15)19-17(13-23)20(25)26-21(18(19)14-24)27-9-5-2-6-10-27/h1,3-4,7-8,16H,2,5-6,9-11H2,(H2,25,26)/t16-/m0/s1. The SMILES string of the molecule is N#Cc1c(N)nc(N2CCCCC2)c(C#N)c1[C@H](C#N)Cc1ccccc1. The fourth-order valence-electron chi connectivity index (χ4n) is 3.58. The van der Waals surface area contributed by atoms with Crippen LogP contribution < -0.4 is 10.6 Å². The molecule has 0 bridgehead atoms. The van der Waals surface area contributed by atoms with Gasteiger partial charge in [-0.1, -0.05) is 30.3 Å². The smallest absolute Gasteiger partial charge is 0.149 e. The van der Waals surface area contributed by atoms with E-state index in [2.05, 4.69) is 23.2 Å². The number of nitrogens with zero attached hydrogens (tertiary/aromatic N) is 5. The zero-order valence-corrected chi connectivity index (χ0v) is 15.0. The molecule has 0 spiro atoms. The topological polar surface area (TPSA) is 114 Å². The van der Waals surface area contributed by atoms with Gasteiger partial charge in [0.15, 0.2) is 0 Å². The number of aromatic nitrogens is 1. The van der Waals surface area contributed by atoms with Crippen LogP contribution in [0.25, 0.3) is 0 Å². The van der Waals surface area contributed by atoms with Crippen LogP contribution in [0, 0.1) is 34.0 Å². The van der Waals surface area contributed by atoms with Crippen LogP contribution in [0.4, 0.5) is 11.6 Å². The van der Waals surface area contributed by atoms with Gasteiger partial charge in [-0.15, -0.1) is 0 Å². The zero-order chi connectivity index (χ0) is 19.2. The van der Waals surface area contributed by atoms with E-state index in [0.29, 0.717) is 23.4 Å². The molecule has 6 heteroatoms. The highest BCUT2D eigenvalue weighted by molar-refractivity contribution is 5.70. The Morgan fingerprint density at radius 3 is 2.26 bits per heavy atom. The minimum atomic E-state index is -0.648. The van der Waals surface area contributed by atoms with Gasteiger partial charge >= 0.3 is 0 Å². The zero-order valence-electron chi connectivity index (χ0n) is 15.0. The van der Waals surface area contributed by atoms with Crippen molar-refractivity contribution in [1.29, 1.82) is 15.8 Å². The predicted molar refractivity (Wildman–Crippen MR) is 103 cm³/mol. The minimum absolute atomic E-state index is 0.0837. The molecule has 2 aromatic rings. The first-order valence-electron chi connectivity index (χ1n) is 9.01. The van der Waals surface area contributed by atoms with Crippen molar-refractivity contribution in [1.82, 2.24) is 4.98 Å². The maximum atomic E-state index is 9.87. The molecule has 6 nitrogen and oxygen atoms in total. The molecule has 0 amide bonds. The molecule has 0 radical (unpaired) electrons. The molecule has 2 N–H and O–H groups in total. The molecule has 27 heavy (non-hydrogen) atoms. The van der Waals surface area contributed by atoms with E-state index in [1.54, 1.807) is 0 Å². The van der Waals surface area contributed by atoms with Gasteiger partial charge in [-0.05, 0) is 31.2 Å². The molecule has 2 heterocycles. The normalized spacial score (nSPS) is 14.6. The number of nitriles is 3. The minimum Gasteiger partial charge on any atom is -0.383 e. The van der Waals surface area contributed by atoms with E-state index in [4.69, 9.17) is 5.73 Å². The summed E-state index contributed by atoms with van der Waals surface area (Å²) in [7, 11) is 0. The van der Waals surface area contributed by atoms with E-state index < -0.39 is 5.92 Å². The number of nitrogens with two attached hydrogens (primary N) is 1. The lowest BCUT2D eigenvalue weighted by Gasteiger charge is -2.30. The lowest BCUT2D eigenvalue weighted by Crippen LogP contribution is -2.31. The summed E-state index contributed by atoms with van der Waals surface area (Å²) < 4.78 is 0. The van der Waals surface area contributed by atoms with Gasteiger partial charge in [-0.25, -0.2) is 4.98 Å². The van der Waals surface area contributed by atoms with Crippen LogP contribution in [-0.4, -0.2) is 18.1 Å². The number of benzene rings is 1. The Bertz CT molecular complexity index is 940. The molecule has 1 fully saturated rings. The molecule has 1 aromatic heterocycles. The Kier molecular flexibility index (Phi) is 5.55. The van der Waals surface area contributed by atoms with Gasteiger partial charge in [-0.3, -0.25) is 0 Å². The lowest BCUT2D eigenvalue weighted by atomic mass is 9.87. The maximum absolute atomic E-state index is 9.87. The summed E-state index contributed by atoms with van der Waals surface area (Å²) in [5.41, 5.74) is 7.87. The number of hydrogen-bond acceptors (Lipinski definition) is 6. The highest BCUT2D eigenvalue weighted by Gasteiger charge is 2.28. The Balaban J connectivity index is 2.14. The number of nitrogen functional groups attached to an aromatic ring is 1. The third-order valence-electron chi connectivity index (χ3n) is 4.91. The second-order valence-electron chi connectivity index (χ2n) is 6.63. The number of piperidine rings is 1. The summed E-state index contributed by atoms with van der Waals surface area (Å²) in [4.78, 5) is 6.41. The molecule has 0 aliphatic carbocycles. The highest BCUT2D eigenvalue weighted by atomic mass is 15.2. The molecular formula is C21H20N6. The Labute approximate surface area is 159 Å². The van der Waals surface area contributed by atoms with Crippen molar-refractivity contribution in [3.63, 3.8) is 0 Å². The van der Waals surface area contributed by atoms with E-state index in [1.165, 1.54) is 0 Å². The number of hydrogen-bond donors (Lipinski definition) is 1. The summed E-state index contributed by atoms with van der Waals surface area (Å²) >= 11 is 0. The number of pyridine rings is 1. The number of anilines is 2. The van der Waals surface area contributed by atoms with E-state index in [9.17, 15) is 15.8 Å². The van der Waals surface area contributed by atoms with Crippen molar-refractivity contribution >= 4 is 11.6 Å². The number of rotatable bonds is 4. The fraction of sp³-hybridized carbons (Fsp3) is 0.333. The first-order valence-corrected chi connectivity index (χ1v) is 9.01. The van der Waals surface area contributed by atoms with E-state index in [-0.39, 0.29) is 11.4 Å². The van der Waals surface area contributed by atoms with Crippen molar-refractivity contribution in [3.05, 3.63) is 52.6 Å². The molecular weight excluding hydrogens is 336 g/mol. The Morgan fingerprint density at radius 2 is 1.67 bits per heavy atom. The maximum Gasteiger partial charge on any atom is 0.149 e. The van der Waals surface area contributed by atoms with E-state index in [1.807, 2.05) is 35.2 Å². The van der Waals surface area contributed by atoms with Gasteiger partial charge < -0.3 is 10.6 Å². The van der Waals surface area contributed by atoms with Gasteiger partial charge in [0.25, 0.3) is 0 Å². The van der Waals surface area contributed by atoms with Crippen molar-refractivity contribution in [2.45, 2.75) is 31.6 Å². The quantitative estimate of drug-likeness (QED) is 0.899. The fourth-order valence-corrected chi connectivity index (χ4v) is 3.58. The largest absolute Gasteiger partial charge is 0.383 e. The third-order valence-corrected chi connectivity index (χ3v) is 4.91. The van der Waals surface area contributed by atoms with Crippen LogP contribution in [-0.2, 0) is 6.42 Å². The molecule has 0 unspecified atom stereocenters. The van der Waals surface area contributed by atoms with Crippen LogP contribution in [0.15, 0.2) is 30.3 Å². The Hall–Kier alpha value is -3.56. The third kappa shape index (κ3) is 3.68. The predicted octanol–water partition coefficient (Wildman–Crippen LogP) is 3.25. The van der Waals surface area contributed by atoms with Gasteiger partial charge in [0.2, 0.25) is 0 Å². The van der Waals surface area contributed by atoms with Crippen LogP contribution >= 0.6 is 0 Å². The highest BCUT2D eigenvalue weighted by Crippen LogP contribution is 2.35. The van der Waals surface area contributed by atoms with Crippen molar-refractivity contribution in [2.24, 2.45) is 0 Å². The Morgan fingerprint density at radius 1 is 1.00 bits per heavy atom. The van der Waals surface area contributed by atoms with Crippen LogP contribution in [0.2, 0.25) is 0 Å². The second-order valence-corrected chi connectivity index (χ2v) is 6.63. The lowest BCUT2D eigenvalue weighted by molar-refractivity contribution is 0.573. The monoisotopic (exact) mass is 356 g/mol. The summed E-state index contributed by atoms with van der Waals surface area (Å²) in [5.74, 6) is -0.0667. The van der Waals surface area contributed by atoms with Gasteiger partial charge in [-0.2, -0.15) is 15.8 Å². The molecule has 134 valence electrons. The molecule has 1 aliphatic rings. The molecule has 1 atom stereocenters.